The van der Waals surface area contributed by atoms with E-state index < -0.39 is 11.8 Å². The molecule has 0 aliphatic rings. The maximum absolute atomic E-state index is 12.2. The summed E-state index contributed by atoms with van der Waals surface area (Å²) in [5.41, 5.74) is 0.409. The van der Waals surface area contributed by atoms with Crippen LogP contribution in [0.2, 0.25) is 5.15 Å². The maximum atomic E-state index is 12.2. The average Bonchev–Trinajstić information content (AvgIpc) is 2.38. The number of pyridine rings is 1. The Labute approximate surface area is 108 Å². The van der Waals surface area contributed by atoms with Crippen molar-refractivity contribution in [2.24, 2.45) is 0 Å². The van der Waals surface area contributed by atoms with E-state index in [-0.39, 0.29) is 16.3 Å². The van der Waals surface area contributed by atoms with Crippen molar-refractivity contribution in [1.29, 1.82) is 0 Å². The minimum absolute atomic E-state index is 0.0320. The number of aromatic carboxylic acids is 1. The number of carbonyl (C=O) groups is 2. The topological polar surface area (TPSA) is 67.3 Å². The van der Waals surface area contributed by atoms with Gasteiger partial charge in [0.2, 0.25) is 0 Å². The standard InChI is InChI=1S/C13H8ClNO3/c14-11-7-8(5-6-15-11)12(16)9-3-1-2-4-10(9)13(17)18/h1-7H,(H,17,18). The molecule has 1 aromatic heterocycles. The zero-order chi connectivity index (χ0) is 13.1. The molecule has 1 N–H and O–H groups in total. The van der Waals surface area contributed by atoms with Gasteiger partial charge in [0.25, 0.3) is 0 Å². The highest BCUT2D eigenvalue weighted by atomic mass is 35.5. The van der Waals surface area contributed by atoms with Crippen LogP contribution in [0.15, 0.2) is 42.6 Å². The molecular formula is C13H8ClNO3. The van der Waals surface area contributed by atoms with E-state index in [0.717, 1.165) is 0 Å². The Bertz CT molecular complexity index is 625. The first-order valence-electron chi connectivity index (χ1n) is 5.08. The normalized spacial score (nSPS) is 10.1. The van der Waals surface area contributed by atoms with Crippen molar-refractivity contribution >= 4 is 23.4 Å². The van der Waals surface area contributed by atoms with Gasteiger partial charge in [0.15, 0.2) is 5.78 Å². The predicted octanol–water partition coefficient (Wildman–Crippen LogP) is 2.66. The molecule has 0 fully saturated rings. The number of carboxylic acids is 1. The first-order valence-corrected chi connectivity index (χ1v) is 5.46. The minimum Gasteiger partial charge on any atom is -0.478 e. The highest BCUT2D eigenvalue weighted by molar-refractivity contribution is 6.30. The molecule has 2 aromatic rings. The van der Waals surface area contributed by atoms with E-state index in [1.54, 1.807) is 12.1 Å². The molecule has 0 bridgehead atoms. The second kappa shape index (κ2) is 4.98. The molecule has 90 valence electrons. The van der Waals surface area contributed by atoms with Gasteiger partial charge in [-0.2, -0.15) is 0 Å². The van der Waals surface area contributed by atoms with Crippen molar-refractivity contribution in [2.45, 2.75) is 0 Å². The molecule has 18 heavy (non-hydrogen) atoms. The molecule has 0 spiro atoms. The van der Waals surface area contributed by atoms with Crippen LogP contribution in [0.5, 0.6) is 0 Å². The lowest BCUT2D eigenvalue weighted by Gasteiger charge is -2.05. The fraction of sp³-hybridized carbons (Fsp3) is 0. The van der Waals surface area contributed by atoms with E-state index in [4.69, 9.17) is 16.7 Å². The minimum atomic E-state index is -1.14. The number of benzene rings is 1. The number of nitrogens with zero attached hydrogens (tertiary/aromatic N) is 1. The van der Waals surface area contributed by atoms with Crippen LogP contribution in [-0.2, 0) is 0 Å². The first-order chi connectivity index (χ1) is 8.59. The van der Waals surface area contributed by atoms with Crippen molar-refractivity contribution in [2.75, 3.05) is 0 Å². The highest BCUT2D eigenvalue weighted by Crippen LogP contribution is 2.16. The number of carboxylic acid groups (broad SMARTS) is 1. The number of rotatable bonds is 3. The monoisotopic (exact) mass is 261 g/mol. The quantitative estimate of drug-likeness (QED) is 0.681. The summed E-state index contributed by atoms with van der Waals surface area (Å²) in [4.78, 5) is 27.0. The van der Waals surface area contributed by atoms with E-state index in [0.29, 0.717) is 5.56 Å². The summed E-state index contributed by atoms with van der Waals surface area (Å²) in [6.45, 7) is 0. The number of hydrogen-bond donors (Lipinski definition) is 1. The first kappa shape index (κ1) is 12.3. The van der Waals surface area contributed by atoms with Gasteiger partial charge in [-0.3, -0.25) is 4.79 Å². The molecule has 0 saturated carbocycles. The van der Waals surface area contributed by atoms with E-state index in [1.165, 1.54) is 30.5 Å². The van der Waals surface area contributed by atoms with Gasteiger partial charge in [-0.15, -0.1) is 0 Å². The molecule has 1 aromatic carbocycles. The second-order valence-electron chi connectivity index (χ2n) is 3.55. The molecule has 0 aliphatic heterocycles. The van der Waals surface area contributed by atoms with Crippen LogP contribution in [0.3, 0.4) is 0 Å². The van der Waals surface area contributed by atoms with Crippen LogP contribution in [0.1, 0.15) is 26.3 Å². The number of carbonyl (C=O) groups excluding carboxylic acids is 1. The van der Waals surface area contributed by atoms with Crippen molar-refractivity contribution < 1.29 is 14.7 Å². The lowest BCUT2D eigenvalue weighted by atomic mass is 9.99. The SMILES string of the molecule is O=C(O)c1ccccc1C(=O)c1ccnc(Cl)c1. The molecular weight excluding hydrogens is 254 g/mol. The Morgan fingerprint density at radius 2 is 1.78 bits per heavy atom. The number of halogens is 1. The zero-order valence-corrected chi connectivity index (χ0v) is 9.89. The molecule has 2 rings (SSSR count). The lowest BCUT2D eigenvalue weighted by Crippen LogP contribution is -2.09. The molecule has 5 heteroatoms. The van der Waals surface area contributed by atoms with Crippen molar-refractivity contribution in [1.82, 2.24) is 4.98 Å². The van der Waals surface area contributed by atoms with Crippen LogP contribution in [0.25, 0.3) is 0 Å². The van der Waals surface area contributed by atoms with E-state index in [9.17, 15) is 9.59 Å². The Hall–Kier alpha value is -2.20. The third kappa shape index (κ3) is 2.38. The third-order valence-electron chi connectivity index (χ3n) is 2.39. The zero-order valence-electron chi connectivity index (χ0n) is 9.13. The van der Waals surface area contributed by atoms with Gasteiger partial charge < -0.3 is 5.11 Å². The summed E-state index contributed by atoms with van der Waals surface area (Å²) in [7, 11) is 0. The smallest absolute Gasteiger partial charge is 0.336 e. The number of hydrogen-bond acceptors (Lipinski definition) is 3. The summed E-state index contributed by atoms with van der Waals surface area (Å²) in [5, 5.41) is 9.21. The Morgan fingerprint density at radius 1 is 1.11 bits per heavy atom. The predicted molar refractivity (Wildman–Crippen MR) is 66.1 cm³/mol. The van der Waals surface area contributed by atoms with E-state index in [1.807, 2.05) is 0 Å². The van der Waals surface area contributed by atoms with Gasteiger partial charge in [-0.05, 0) is 18.2 Å². The molecule has 0 saturated heterocycles. The molecule has 0 amide bonds. The Morgan fingerprint density at radius 3 is 2.39 bits per heavy atom. The third-order valence-corrected chi connectivity index (χ3v) is 2.60. The maximum Gasteiger partial charge on any atom is 0.336 e. The number of aromatic nitrogens is 1. The lowest BCUT2D eigenvalue weighted by molar-refractivity contribution is 0.0693. The fourth-order valence-corrected chi connectivity index (χ4v) is 1.74. The Kier molecular flexibility index (Phi) is 3.39. The average molecular weight is 262 g/mol. The van der Waals surface area contributed by atoms with Crippen LogP contribution in [-0.4, -0.2) is 21.8 Å². The van der Waals surface area contributed by atoms with E-state index >= 15 is 0 Å². The van der Waals surface area contributed by atoms with Gasteiger partial charge in [-0.1, -0.05) is 29.8 Å². The summed E-state index contributed by atoms with van der Waals surface area (Å²) >= 11 is 5.70. The van der Waals surface area contributed by atoms with E-state index in [2.05, 4.69) is 4.98 Å². The summed E-state index contributed by atoms with van der Waals surface area (Å²) < 4.78 is 0. The van der Waals surface area contributed by atoms with Gasteiger partial charge >= 0.3 is 5.97 Å². The molecule has 0 radical (unpaired) electrons. The summed E-state index contributed by atoms with van der Waals surface area (Å²) in [6, 6.07) is 8.94. The molecule has 1 heterocycles. The number of ketones is 1. The summed E-state index contributed by atoms with van der Waals surface area (Å²) in [6.07, 6.45) is 1.40. The van der Waals surface area contributed by atoms with Crippen LogP contribution in [0.4, 0.5) is 0 Å². The van der Waals surface area contributed by atoms with Gasteiger partial charge in [0.05, 0.1) is 5.56 Å². The van der Waals surface area contributed by atoms with Gasteiger partial charge in [-0.25, -0.2) is 9.78 Å². The fourth-order valence-electron chi connectivity index (χ4n) is 1.57. The van der Waals surface area contributed by atoms with Crippen LogP contribution >= 0.6 is 11.6 Å². The van der Waals surface area contributed by atoms with Gasteiger partial charge in [0.1, 0.15) is 5.15 Å². The van der Waals surface area contributed by atoms with Crippen molar-refractivity contribution in [3.63, 3.8) is 0 Å². The van der Waals surface area contributed by atoms with Crippen LogP contribution < -0.4 is 0 Å². The molecule has 0 aliphatic carbocycles. The second-order valence-corrected chi connectivity index (χ2v) is 3.93. The largest absolute Gasteiger partial charge is 0.478 e. The highest BCUT2D eigenvalue weighted by Gasteiger charge is 2.17. The van der Waals surface area contributed by atoms with Gasteiger partial charge in [0, 0.05) is 17.3 Å². The molecule has 0 atom stereocenters. The molecule has 0 unspecified atom stereocenters. The Balaban J connectivity index is 2.50. The molecule has 4 nitrogen and oxygen atoms in total. The summed E-state index contributed by atoms with van der Waals surface area (Å²) in [5.74, 6) is -1.53. The van der Waals surface area contributed by atoms with Crippen LogP contribution in [0, 0.1) is 0 Å². The van der Waals surface area contributed by atoms with Crippen molar-refractivity contribution in [3.05, 3.63) is 64.4 Å². The van der Waals surface area contributed by atoms with Crippen molar-refractivity contribution in [3.8, 4) is 0 Å².